The van der Waals surface area contributed by atoms with E-state index in [1.807, 2.05) is 46.8 Å². The van der Waals surface area contributed by atoms with Crippen LogP contribution in [0.5, 0.6) is 0 Å². The maximum absolute atomic E-state index is 12.9. The van der Waals surface area contributed by atoms with Gasteiger partial charge in [0.05, 0.1) is 11.9 Å². The third kappa shape index (κ3) is 4.00. The van der Waals surface area contributed by atoms with Crippen molar-refractivity contribution in [3.8, 4) is 16.3 Å². The highest BCUT2D eigenvalue weighted by molar-refractivity contribution is 7.13. The van der Waals surface area contributed by atoms with Gasteiger partial charge < -0.3 is 10.2 Å². The van der Waals surface area contributed by atoms with Crippen LogP contribution in [0.1, 0.15) is 36.2 Å². The molecule has 3 heterocycles. The fourth-order valence-electron chi connectivity index (χ4n) is 3.71. The van der Waals surface area contributed by atoms with Crippen LogP contribution in [-0.4, -0.2) is 50.6 Å². The van der Waals surface area contributed by atoms with E-state index in [1.165, 1.54) is 11.3 Å². The van der Waals surface area contributed by atoms with Gasteiger partial charge in [-0.15, -0.1) is 11.3 Å². The molecule has 1 aliphatic heterocycles. The zero-order valence-corrected chi connectivity index (χ0v) is 17.3. The number of piperidine rings is 1. The van der Waals surface area contributed by atoms with Crippen LogP contribution >= 0.6 is 11.3 Å². The Morgan fingerprint density at radius 2 is 1.83 bits per heavy atom. The first-order valence-electron chi connectivity index (χ1n) is 10.3. The van der Waals surface area contributed by atoms with Crippen LogP contribution in [0.25, 0.3) is 16.3 Å². The Bertz CT molecular complexity index is 1050. The van der Waals surface area contributed by atoms with E-state index in [4.69, 9.17) is 0 Å². The molecule has 2 amide bonds. The molecule has 154 valence electrons. The Morgan fingerprint density at radius 1 is 1.07 bits per heavy atom. The van der Waals surface area contributed by atoms with Gasteiger partial charge in [0.25, 0.3) is 5.91 Å². The second-order valence-electron chi connectivity index (χ2n) is 7.90. The van der Waals surface area contributed by atoms with Gasteiger partial charge in [0.1, 0.15) is 10.7 Å². The molecule has 0 radical (unpaired) electrons. The third-order valence-corrected chi connectivity index (χ3v) is 6.54. The second kappa shape index (κ2) is 8.02. The summed E-state index contributed by atoms with van der Waals surface area (Å²) >= 11 is 1.45. The number of para-hydroxylation sites is 1. The molecule has 8 heteroatoms. The van der Waals surface area contributed by atoms with Gasteiger partial charge in [-0.25, -0.2) is 9.67 Å². The molecule has 1 saturated heterocycles. The minimum absolute atomic E-state index is 0.0180. The van der Waals surface area contributed by atoms with E-state index in [1.54, 1.807) is 10.9 Å². The summed E-state index contributed by atoms with van der Waals surface area (Å²) in [5, 5.41) is 10.1. The highest BCUT2D eigenvalue weighted by Crippen LogP contribution is 2.27. The van der Waals surface area contributed by atoms with Gasteiger partial charge in [-0.2, -0.15) is 5.10 Å². The molecule has 3 aromatic rings. The lowest BCUT2D eigenvalue weighted by Crippen LogP contribution is -2.43. The van der Waals surface area contributed by atoms with Gasteiger partial charge >= 0.3 is 0 Å². The number of likely N-dealkylation sites (tertiary alicyclic amines) is 1. The van der Waals surface area contributed by atoms with Crippen molar-refractivity contribution in [1.29, 1.82) is 0 Å². The molecule has 1 N–H and O–H groups in total. The van der Waals surface area contributed by atoms with Crippen molar-refractivity contribution >= 4 is 23.2 Å². The maximum Gasteiger partial charge on any atom is 0.273 e. The van der Waals surface area contributed by atoms with Crippen molar-refractivity contribution in [2.45, 2.75) is 31.7 Å². The summed E-state index contributed by atoms with van der Waals surface area (Å²) in [6, 6.07) is 10.3. The minimum atomic E-state index is -0.0611. The predicted molar refractivity (Wildman–Crippen MR) is 114 cm³/mol. The number of carbonyl (C=O) groups is 2. The summed E-state index contributed by atoms with van der Waals surface area (Å²) < 4.78 is 1.80. The second-order valence-corrected chi connectivity index (χ2v) is 8.75. The number of nitrogens with zero attached hydrogens (tertiary/aromatic N) is 4. The topological polar surface area (TPSA) is 80.1 Å². The maximum atomic E-state index is 12.9. The van der Waals surface area contributed by atoms with E-state index in [0.29, 0.717) is 37.7 Å². The first-order chi connectivity index (χ1) is 14.7. The zero-order valence-electron chi connectivity index (χ0n) is 16.5. The lowest BCUT2D eigenvalue weighted by atomic mass is 9.95. The van der Waals surface area contributed by atoms with E-state index in [2.05, 4.69) is 15.4 Å². The Kier molecular flexibility index (Phi) is 5.08. The lowest BCUT2D eigenvalue weighted by molar-refractivity contribution is -0.126. The predicted octanol–water partition coefficient (Wildman–Crippen LogP) is 3.13. The quantitative estimate of drug-likeness (QED) is 0.686. The molecule has 2 aromatic heterocycles. The summed E-state index contributed by atoms with van der Waals surface area (Å²) in [5.74, 6) is 0.106. The molecule has 0 atom stereocenters. The van der Waals surface area contributed by atoms with Crippen molar-refractivity contribution in [3.63, 3.8) is 0 Å². The van der Waals surface area contributed by atoms with Crippen LogP contribution in [-0.2, 0) is 4.79 Å². The molecule has 1 saturated carbocycles. The van der Waals surface area contributed by atoms with Gasteiger partial charge in [-0.1, -0.05) is 18.2 Å². The Labute approximate surface area is 178 Å². The summed E-state index contributed by atoms with van der Waals surface area (Å²) in [7, 11) is 0. The van der Waals surface area contributed by atoms with Crippen LogP contribution < -0.4 is 5.32 Å². The van der Waals surface area contributed by atoms with E-state index in [0.717, 1.165) is 29.1 Å². The van der Waals surface area contributed by atoms with Crippen LogP contribution in [0.15, 0.2) is 48.1 Å². The van der Waals surface area contributed by atoms with E-state index in [9.17, 15) is 9.59 Å². The van der Waals surface area contributed by atoms with Crippen molar-refractivity contribution in [3.05, 3.63) is 53.8 Å². The Balaban J connectivity index is 1.22. The largest absolute Gasteiger partial charge is 0.353 e. The van der Waals surface area contributed by atoms with E-state index < -0.39 is 0 Å². The molecular formula is C22H23N5O2S. The monoisotopic (exact) mass is 421 g/mol. The molecule has 1 aliphatic carbocycles. The van der Waals surface area contributed by atoms with Crippen molar-refractivity contribution in [1.82, 2.24) is 25.0 Å². The average molecular weight is 422 g/mol. The number of rotatable bonds is 5. The van der Waals surface area contributed by atoms with Crippen LogP contribution in [0.2, 0.25) is 0 Å². The summed E-state index contributed by atoms with van der Waals surface area (Å²) in [4.78, 5) is 31.5. The number of hydrogen-bond donors (Lipinski definition) is 1. The fourth-order valence-corrected chi connectivity index (χ4v) is 4.48. The lowest BCUT2D eigenvalue weighted by Gasteiger charge is -2.30. The first-order valence-corrected chi connectivity index (χ1v) is 11.2. The molecule has 2 aliphatic rings. The number of thiazole rings is 1. The number of benzene rings is 1. The molecule has 0 unspecified atom stereocenters. The van der Waals surface area contributed by atoms with Crippen LogP contribution in [0.4, 0.5) is 0 Å². The highest BCUT2D eigenvalue weighted by Gasteiger charge is 2.31. The first kappa shape index (κ1) is 19.0. The highest BCUT2D eigenvalue weighted by atomic mass is 32.1. The van der Waals surface area contributed by atoms with Gasteiger partial charge in [0, 0.05) is 42.2 Å². The molecule has 7 nitrogen and oxygen atoms in total. The number of nitrogens with one attached hydrogen (secondary N) is 1. The average Bonchev–Trinajstić information content (AvgIpc) is 3.27. The van der Waals surface area contributed by atoms with Crippen molar-refractivity contribution in [2.75, 3.05) is 13.1 Å². The van der Waals surface area contributed by atoms with E-state index in [-0.39, 0.29) is 17.7 Å². The molecule has 5 rings (SSSR count). The summed E-state index contributed by atoms with van der Waals surface area (Å²) in [6.45, 7) is 1.20. The Morgan fingerprint density at radius 3 is 2.57 bits per heavy atom. The van der Waals surface area contributed by atoms with E-state index >= 15 is 0 Å². The van der Waals surface area contributed by atoms with Gasteiger partial charge in [-0.05, 0) is 37.8 Å². The van der Waals surface area contributed by atoms with Crippen LogP contribution in [0.3, 0.4) is 0 Å². The van der Waals surface area contributed by atoms with Crippen molar-refractivity contribution in [2.24, 2.45) is 5.92 Å². The van der Waals surface area contributed by atoms with Crippen molar-refractivity contribution < 1.29 is 9.59 Å². The molecule has 1 aromatic carbocycles. The number of carbonyl (C=O) groups excluding carboxylic acids is 2. The third-order valence-electron chi connectivity index (χ3n) is 5.65. The molecule has 2 fully saturated rings. The van der Waals surface area contributed by atoms with Gasteiger partial charge in [-0.3, -0.25) is 9.59 Å². The summed E-state index contributed by atoms with van der Waals surface area (Å²) in [5.41, 5.74) is 2.33. The number of aromatic nitrogens is 3. The number of hydrogen-bond acceptors (Lipinski definition) is 5. The molecule has 30 heavy (non-hydrogen) atoms. The minimum Gasteiger partial charge on any atom is -0.353 e. The fraction of sp³-hybridized carbons (Fsp3) is 0.364. The van der Waals surface area contributed by atoms with Crippen LogP contribution in [0, 0.1) is 5.92 Å². The standard InChI is InChI=1S/C22H23N5O2S/c28-20(24-17-6-7-17)15-8-10-26(11-9-15)22(29)19-14-30-21(25-19)16-12-23-27(13-16)18-4-2-1-3-5-18/h1-5,12-15,17H,6-11H2,(H,24,28). The summed E-state index contributed by atoms with van der Waals surface area (Å²) in [6.07, 6.45) is 7.31. The smallest absolute Gasteiger partial charge is 0.273 e. The molecule has 0 spiro atoms. The molecular weight excluding hydrogens is 398 g/mol. The van der Waals surface area contributed by atoms with Gasteiger partial charge in [0.15, 0.2) is 0 Å². The van der Waals surface area contributed by atoms with Gasteiger partial charge in [0.2, 0.25) is 5.91 Å². The number of amides is 2. The SMILES string of the molecule is O=C(NC1CC1)C1CCN(C(=O)c2csc(-c3cnn(-c4ccccc4)c3)n2)CC1. The zero-order chi connectivity index (χ0) is 20.5. The normalized spacial score (nSPS) is 17.1. The molecule has 0 bridgehead atoms. The Hall–Kier alpha value is -3.00.